The number of fused-ring (bicyclic) bond motifs is 1. The fourth-order valence-corrected chi connectivity index (χ4v) is 6.53. The monoisotopic (exact) mass is 516 g/mol. The molecule has 184 valence electrons. The lowest BCUT2D eigenvalue weighted by Crippen LogP contribution is -2.10. The van der Waals surface area contributed by atoms with E-state index >= 15 is 0 Å². The molecule has 3 heterocycles. The number of hydrogen-bond acceptors (Lipinski definition) is 8. The van der Waals surface area contributed by atoms with E-state index in [1.807, 2.05) is 6.92 Å². The van der Waals surface area contributed by atoms with E-state index in [1.54, 1.807) is 36.4 Å². The van der Waals surface area contributed by atoms with Crippen molar-refractivity contribution in [2.24, 2.45) is 0 Å². The number of ether oxygens (including phenoxy) is 3. The molecule has 0 atom stereocenters. The highest BCUT2D eigenvalue weighted by Gasteiger charge is 2.25. The number of pyridine rings is 1. The minimum atomic E-state index is -3.97. The predicted molar refractivity (Wildman–Crippen MR) is 132 cm³/mol. The number of carboxylic acid groups (broad SMARTS) is 1. The summed E-state index contributed by atoms with van der Waals surface area (Å²) in [7, 11) is -0.982. The Morgan fingerprint density at radius 2 is 1.91 bits per heavy atom. The molecule has 0 bridgehead atoms. The zero-order valence-electron chi connectivity index (χ0n) is 19.3. The van der Waals surface area contributed by atoms with Crippen molar-refractivity contribution in [3.05, 3.63) is 54.2 Å². The van der Waals surface area contributed by atoms with Gasteiger partial charge in [-0.25, -0.2) is 3.97 Å². The Bertz CT molecular complexity index is 1490. The Labute approximate surface area is 206 Å². The molecule has 1 N–H and O–H groups in total. The molecule has 9 nitrogen and oxygen atoms in total. The van der Waals surface area contributed by atoms with Crippen LogP contribution in [0.25, 0.3) is 21.3 Å². The summed E-state index contributed by atoms with van der Waals surface area (Å²) in [6.07, 6.45) is 1.56. The highest BCUT2D eigenvalue weighted by molar-refractivity contribution is 7.92. The van der Waals surface area contributed by atoms with Crippen LogP contribution < -0.4 is 14.2 Å². The second kappa shape index (κ2) is 9.96. The number of hydrogen-bond donors (Lipinski definition) is 1. The van der Waals surface area contributed by atoms with Crippen LogP contribution in [0.5, 0.6) is 17.5 Å². The Hall–Kier alpha value is -3.57. The van der Waals surface area contributed by atoms with Gasteiger partial charge in [-0.2, -0.15) is 13.4 Å². The van der Waals surface area contributed by atoms with Crippen molar-refractivity contribution < 1.29 is 32.5 Å². The van der Waals surface area contributed by atoms with Crippen molar-refractivity contribution in [3.63, 3.8) is 0 Å². The van der Waals surface area contributed by atoms with E-state index in [9.17, 15) is 13.2 Å². The summed E-state index contributed by atoms with van der Waals surface area (Å²) in [5.41, 5.74) is 1.71. The van der Waals surface area contributed by atoms with Gasteiger partial charge in [-0.3, -0.25) is 4.79 Å². The molecule has 4 rings (SSSR count). The third-order valence-corrected chi connectivity index (χ3v) is 8.60. The number of thiophene rings is 1. The SMILES string of the molecule is CCOc1ccc2c(c1)c(CCC(=O)O)cn2S(=O)(=O)c1ccc(-c2ccc(OC)nc2OC)s1. The summed E-state index contributed by atoms with van der Waals surface area (Å²) >= 11 is 1.09. The van der Waals surface area contributed by atoms with Crippen LogP contribution in [0.4, 0.5) is 0 Å². The van der Waals surface area contributed by atoms with Crippen LogP contribution in [0.3, 0.4) is 0 Å². The maximum Gasteiger partial charge on any atom is 0.303 e. The number of methoxy groups -OCH3 is 2. The van der Waals surface area contributed by atoms with Crippen LogP contribution in [0.1, 0.15) is 18.9 Å². The van der Waals surface area contributed by atoms with Crippen molar-refractivity contribution in [3.8, 4) is 28.0 Å². The highest BCUT2D eigenvalue weighted by Crippen LogP contribution is 2.38. The molecule has 1 aromatic carbocycles. The predicted octanol–water partition coefficient (Wildman–Crippen LogP) is 4.43. The summed E-state index contributed by atoms with van der Waals surface area (Å²) < 4.78 is 44.7. The quantitative estimate of drug-likeness (QED) is 0.329. The zero-order chi connectivity index (χ0) is 25.2. The van der Waals surface area contributed by atoms with Crippen molar-refractivity contribution in [2.45, 2.75) is 24.0 Å². The van der Waals surface area contributed by atoms with Crippen molar-refractivity contribution >= 4 is 38.2 Å². The second-order valence-electron chi connectivity index (χ2n) is 7.49. The topological polar surface area (TPSA) is 117 Å². The largest absolute Gasteiger partial charge is 0.494 e. The molecule has 0 unspecified atom stereocenters. The van der Waals surface area contributed by atoms with Gasteiger partial charge in [-0.1, -0.05) is 0 Å². The number of aryl methyl sites for hydroxylation is 1. The number of nitrogens with zero attached hydrogens (tertiary/aromatic N) is 2. The van der Waals surface area contributed by atoms with Crippen LogP contribution in [-0.2, 0) is 21.2 Å². The van der Waals surface area contributed by atoms with E-state index in [0.717, 1.165) is 11.3 Å². The van der Waals surface area contributed by atoms with Gasteiger partial charge in [0.25, 0.3) is 10.0 Å². The molecule has 3 aromatic heterocycles. The minimum absolute atomic E-state index is 0.120. The van der Waals surface area contributed by atoms with Gasteiger partial charge in [0, 0.05) is 28.9 Å². The molecule has 0 saturated carbocycles. The summed E-state index contributed by atoms with van der Waals surface area (Å²) in [4.78, 5) is 16.1. The lowest BCUT2D eigenvalue weighted by Gasteiger charge is -2.08. The number of rotatable bonds is 10. The molecule has 0 amide bonds. The first-order valence-corrected chi connectivity index (χ1v) is 13.0. The van der Waals surface area contributed by atoms with Crippen LogP contribution in [-0.4, -0.2) is 49.3 Å². The van der Waals surface area contributed by atoms with Gasteiger partial charge in [-0.15, -0.1) is 11.3 Å². The first kappa shape index (κ1) is 24.6. The van der Waals surface area contributed by atoms with Crippen LogP contribution in [0.2, 0.25) is 0 Å². The third-order valence-electron chi connectivity index (χ3n) is 5.34. The Kier molecular flexibility index (Phi) is 6.99. The molecule has 0 fully saturated rings. The van der Waals surface area contributed by atoms with E-state index in [1.165, 1.54) is 30.5 Å². The molecule has 4 aromatic rings. The van der Waals surface area contributed by atoms with Gasteiger partial charge in [0.15, 0.2) is 0 Å². The fraction of sp³-hybridized carbons (Fsp3) is 0.250. The van der Waals surface area contributed by atoms with Gasteiger partial charge in [0.05, 0.1) is 31.9 Å². The first-order chi connectivity index (χ1) is 16.8. The van der Waals surface area contributed by atoms with Crippen LogP contribution >= 0.6 is 11.3 Å². The summed E-state index contributed by atoms with van der Waals surface area (Å²) in [5.74, 6) is 0.332. The minimum Gasteiger partial charge on any atom is -0.494 e. The molecule has 0 aliphatic rings. The van der Waals surface area contributed by atoms with E-state index in [2.05, 4.69) is 4.98 Å². The van der Waals surface area contributed by atoms with Crippen molar-refractivity contribution in [1.29, 1.82) is 0 Å². The highest BCUT2D eigenvalue weighted by atomic mass is 32.2. The van der Waals surface area contributed by atoms with E-state index < -0.39 is 16.0 Å². The van der Waals surface area contributed by atoms with Gasteiger partial charge >= 0.3 is 5.97 Å². The van der Waals surface area contributed by atoms with Gasteiger partial charge < -0.3 is 19.3 Å². The summed E-state index contributed by atoms with van der Waals surface area (Å²) in [6, 6.07) is 11.8. The smallest absolute Gasteiger partial charge is 0.303 e. The van der Waals surface area contributed by atoms with Gasteiger partial charge in [0.2, 0.25) is 11.8 Å². The van der Waals surface area contributed by atoms with Crippen LogP contribution in [0.15, 0.2) is 52.9 Å². The number of benzene rings is 1. The van der Waals surface area contributed by atoms with Crippen LogP contribution in [0, 0.1) is 0 Å². The molecule has 0 spiro atoms. The Balaban J connectivity index is 1.79. The number of carboxylic acids is 1. The lowest BCUT2D eigenvalue weighted by molar-refractivity contribution is -0.136. The van der Waals surface area contributed by atoms with Crippen molar-refractivity contribution in [2.75, 3.05) is 20.8 Å². The number of aliphatic carboxylic acids is 1. The zero-order valence-corrected chi connectivity index (χ0v) is 21.0. The summed E-state index contributed by atoms with van der Waals surface area (Å²) in [6.45, 7) is 2.31. The average Bonchev–Trinajstić information content (AvgIpc) is 3.48. The average molecular weight is 517 g/mol. The van der Waals surface area contributed by atoms with Crippen molar-refractivity contribution in [1.82, 2.24) is 8.96 Å². The molecular formula is C24H24N2O7S2. The molecule has 0 aliphatic heterocycles. The molecule has 35 heavy (non-hydrogen) atoms. The third kappa shape index (κ3) is 4.82. The fourth-order valence-electron chi connectivity index (χ4n) is 3.72. The normalized spacial score (nSPS) is 11.5. The number of aromatic nitrogens is 2. The van der Waals surface area contributed by atoms with Gasteiger partial charge in [0.1, 0.15) is 9.96 Å². The summed E-state index contributed by atoms with van der Waals surface area (Å²) in [5, 5.41) is 9.78. The molecular weight excluding hydrogens is 492 g/mol. The lowest BCUT2D eigenvalue weighted by atomic mass is 10.1. The molecule has 11 heteroatoms. The Morgan fingerprint density at radius 1 is 1.11 bits per heavy atom. The molecule has 0 saturated heterocycles. The molecule has 0 aliphatic carbocycles. The number of carbonyl (C=O) groups is 1. The maximum atomic E-state index is 13.7. The van der Waals surface area contributed by atoms with E-state index in [-0.39, 0.29) is 17.1 Å². The Morgan fingerprint density at radius 3 is 2.60 bits per heavy atom. The van der Waals surface area contributed by atoms with E-state index in [0.29, 0.717) is 51.0 Å². The molecule has 0 radical (unpaired) electrons. The second-order valence-corrected chi connectivity index (χ2v) is 10.6. The first-order valence-electron chi connectivity index (χ1n) is 10.7. The van der Waals surface area contributed by atoms with E-state index in [4.69, 9.17) is 19.3 Å². The van der Waals surface area contributed by atoms with Gasteiger partial charge in [-0.05, 0) is 55.3 Å². The standard InChI is InChI=1S/C24H24N2O7S2/c1-4-33-16-6-8-19-18(13-16)15(5-11-22(27)28)14-26(19)35(29,30)23-12-9-20(34-23)17-7-10-21(31-2)25-24(17)32-3/h6-10,12-14H,4-5,11H2,1-3H3,(H,27,28). The maximum absolute atomic E-state index is 13.7.